The number of fused-ring (bicyclic) bond motifs is 1. The molecule has 2 heterocycles. The fourth-order valence-corrected chi connectivity index (χ4v) is 6.44. The fourth-order valence-electron chi connectivity index (χ4n) is 5.10. The molecule has 1 unspecified atom stereocenters. The first-order chi connectivity index (χ1) is 19.0. The number of Topliss-reactive ketones (excluding diaryl/α,β-unsaturated/α-hetero) is 1. The number of benzene rings is 1. The quantitative estimate of drug-likeness (QED) is 0.193. The number of aromatic nitrogens is 3. The van der Waals surface area contributed by atoms with Crippen LogP contribution in [0.15, 0.2) is 41.4 Å². The summed E-state index contributed by atoms with van der Waals surface area (Å²) in [5, 5.41) is 10.7. The van der Waals surface area contributed by atoms with Gasteiger partial charge < -0.3 is 10.1 Å². The number of imidazole rings is 1. The molecule has 0 saturated heterocycles. The van der Waals surface area contributed by atoms with Crippen LogP contribution in [0, 0.1) is 12.8 Å². The zero-order valence-corrected chi connectivity index (χ0v) is 25.5. The third kappa shape index (κ3) is 8.44. The van der Waals surface area contributed by atoms with Gasteiger partial charge in [-0.3, -0.25) is 9.78 Å². The minimum Gasteiger partial charge on any atom is -0.385 e. The highest BCUT2D eigenvalue weighted by atomic mass is 32.2. The van der Waals surface area contributed by atoms with Crippen LogP contribution in [0.5, 0.6) is 0 Å². The number of unbranched alkanes of at least 4 members (excludes halogenated alkanes) is 6. The highest BCUT2D eigenvalue weighted by Crippen LogP contribution is 2.24. The summed E-state index contributed by atoms with van der Waals surface area (Å²) >= 11 is 0. The number of aryl methyl sites for hydroxylation is 1. The van der Waals surface area contributed by atoms with E-state index in [4.69, 9.17) is 0 Å². The van der Waals surface area contributed by atoms with Crippen LogP contribution in [0.2, 0.25) is 0 Å². The average Bonchev–Trinajstić information content (AvgIpc) is 3.31. The Balaban J connectivity index is 1.68. The molecular formula is C31H46N4O4S. The average molecular weight is 571 g/mol. The zero-order valence-electron chi connectivity index (χ0n) is 24.7. The molecule has 220 valence electrons. The molecule has 0 aliphatic heterocycles. The number of aromatic amines is 1. The van der Waals surface area contributed by atoms with Crippen molar-refractivity contribution < 1.29 is 18.3 Å². The van der Waals surface area contributed by atoms with Crippen molar-refractivity contribution in [2.24, 2.45) is 5.92 Å². The van der Waals surface area contributed by atoms with E-state index in [0.29, 0.717) is 19.3 Å². The van der Waals surface area contributed by atoms with Crippen LogP contribution in [0.25, 0.3) is 11.0 Å². The number of ketones is 1. The van der Waals surface area contributed by atoms with Gasteiger partial charge in [-0.2, -0.15) is 4.31 Å². The van der Waals surface area contributed by atoms with Crippen molar-refractivity contribution in [3.63, 3.8) is 0 Å². The van der Waals surface area contributed by atoms with Gasteiger partial charge in [0.05, 0.1) is 22.1 Å². The Morgan fingerprint density at radius 2 is 1.68 bits per heavy atom. The summed E-state index contributed by atoms with van der Waals surface area (Å²) in [6.07, 6.45) is 9.42. The van der Waals surface area contributed by atoms with Gasteiger partial charge in [-0.15, -0.1) is 0 Å². The molecule has 0 bridgehead atoms. The number of hydrogen-bond donors (Lipinski definition) is 2. The van der Waals surface area contributed by atoms with Gasteiger partial charge in [0.2, 0.25) is 10.0 Å². The van der Waals surface area contributed by atoms with E-state index < -0.39 is 28.0 Å². The predicted octanol–water partition coefficient (Wildman–Crippen LogP) is 5.96. The summed E-state index contributed by atoms with van der Waals surface area (Å²) in [5.41, 5.74) is 3.44. The van der Waals surface area contributed by atoms with Crippen molar-refractivity contribution in [3.05, 3.63) is 53.6 Å². The van der Waals surface area contributed by atoms with Gasteiger partial charge in [0, 0.05) is 19.7 Å². The molecule has 3 rings (SSSR count). The molecule has 2 N–H and O–H groups in total. The summed E-state index contributed by atoms with van der Waals surface area (Å²) in [6, 6.07) is 7.65. The normalized spacial score (nSPS) is 13.8. The number of carbonyl (C=O) groups excluding carboxylic acids is 1. The van der Waals surface area contributed by atoms with Crippen molar-refractivity contribution in [2.45, 2.75) is 109 Å². The van der Waals surface area contributed by atoms with Crippen molar-refractivity contribution in [1.82, 2.24) is 19.3 Å². The molecule has 1 aromatic carbocycles. The molecular weight excluding hydrogens is 524 g/mol. The molecule has 2 aromatic heterocycles. The first-order valence-electron chi connectivity index (χ1n) is 14.6. The fraction of sp³-hybridized carbons (Fsp3) is 0.581. The maximum atomic E-state index is 13.6. The van der Waals surface area contributed by atoms with Crippen LogP contribution in [0.4, 0.5) is 0 Å². The molecule has 2 atom stereocenters. The lowest BCUT2D eigenvalue weighted by atomic mass is 9.95. The van der Waals surface area contributed by atoms with E-state index in [9.17, 15) is 18.3 Å². The van der Waals surface area contributed by atoms with E-state index in [1.54, 1.807) is 30.5 Å². The SMILES string of the molecule is CCCCCCCCCC(O)C(=O)[C@H](CC(C)C)N(C)S(=O)(=O)c1ccc(Cc2nccc3[nH]c(C)nc23)cc1. The van der Waals surface area contributed by atoms with Gasteiger partial charge in [-0.05, 0) is 49.4 Å². The van der Waals surface area contributed by atoms with Crippen molar-refractivity contribution in [3.8, 4) is 0 Å². The molecule has 40 heavy (non-hydrogen) atoms. The van der Waals surface area contributed by atoms with Gasteiger partial charge in [0.1, 0.15) is 17.4 Å². The Morgan fingerprint density at radius 3 is 2.33 bits per heavy atom. The number of likely N-dealkylation sites (N-methyl/N-ethyl adjacent to an activating group) is 1. The van der Waals surface area contributed by atoms with Crippen LogP contribution in [-0.4, -0.2) is 57.8 Å². The van der Waals surface area contributed by atoms with E-state index in [0.717, 1.165) is 51.7 Å². The van der Waals surface area contributed by atoms with E-state index in [1.165, 1.54) is 32.7 Å². The van der Waals surface area contributed by atoms with Crippen LogP contribution < -0.4 is 0 Å². The first kappa shape index (κ1) is 31.9. The number of sulfonamides is 1. The Hall–Kier alpha value is -2.62. The number of hydrogen-bond acceptors (Lipinski definition) is 6. The number of carbonyl (C=O) groups is 1. The molecule has 0 saturated carbocycles. The molecule has 9 heteroatoms. The topological polar surface area (TPSA) is 116 Å². The van der Waals surface area contributed by atoms with Gasteiger partial charge in [0.15, 0.2) is 5.78 Å². The zero-order chi connectivity index (χ0) is 29.3. The van der Waals surface area contributed by atoms with Gasteiger partial charge >= 0.3 is 0 Å². The van der Waals surface area contributed by atoms with Crippen LogP contribution in [0.1, 0.15) is 95.6 Å². The van der Waals surface area contributed by atoms with E-state index >= 15 is 0 Å². The smallest absolute Gasteiger partial charge is 0.243 e. The highest BCUT2D eigenvalue weighted by Gasteiger charge is 2.36. The minimum absolute atomic E-state index is 0.0839. The van der Waals surface area contributed by atoms with Crippen LogP contribution in [-0.2, 0) is 21.2 Å². The number of pyridine rings is 1. The minimum atomic E-state index is -3.95. The molecule has 8 nitrogen and oxygen atoms in total. The third-order valence-corrected chi connectivity index (χ3v) is 9.32. The molecule has 0 radical (unpaired) electrons. The second-order valence-corrected chi connectivity index (χ2v) is 13.3. The summed E-state index contributed by atoms with van der Waals surface area (Å²) < 4.78 is 28.3. The number of H-pyrrole nitrogens is 1. The Kier molecular flexibility index (Phi) is 11.8. The predicted molar refractivity (Wildman–Crippen MR) is 160 cm³/mol. The van der Waals surface area contributed by atoms with Gasteiger partial charge in [-0.1, -0.05) is 77.8 Å². The number of aliphatic hydroxyl groups excluding tert-OH is 1. The highest BCUT2D eigenvalue weighted by molar-refractivity contribution is 7.89. The van der Waals surface area contributed by atoms with Crippen LogP contribution >= 0.6 is 0 Å². The third-order valence-electron chi connectivity index (χ3n) is 7.44. The lowest BCUT2D eigenvalue weighted by Gasteiger charge is -2.29. The lowest BCUT2D eigenvalue weighted by Crippen LogP contribution is -2.47. The molecule has 0 spiro atoms. The standard InChI is InChI=1S/C31H46N4O4S/c1-6-7-8-9-10-11-12-13-29(36)31(37)28(20-22(2)3)35(5)40(38,39)25-16-14-24(15-17-25)21-27-30-26(18-19-32-27)33-23(4)34-30/h14-19,22,28-29,36H,6-13,20-21H2,1-5H3,(H,33,34)/t28-,29?/m0/s1. The molecule has 0 aliphatic rings. The van der Waals surface area contributed by atoms with Crippen molar-refractivity contribution >= 4 is 26.8 Å². The number of aliphatic hydroxyl groups is 1. The van der Waals surface area contributed by atoms with Crippen molar-refractivity contribution in [1.29, 1.82) is 0 Å². The van der Waals surface area contributed by atoms with Gasteiger partial charge in [-0.25, -0.2) is 13.4 Å². The molecule has 3 aromatic rings. The maximum Gasteiger partial charge on any atom is 0.243 e. The van der Waals surface area contributed by atoms with Gasteiger partial charge in [0.25, 0.3) is 0 Å². The Labute approximate surface area is 239 Å². The van der Waals surface area contributed by atoms with Crippen molar-refractivity contribution in [2.75, 3.05) is 7.05 Å². The maximum absolute atomic E-state index is 13.6. The second-order valence-electron chi connectivity index (χ2n) is 11.3. The number of nitrogens with one attached hydrogen (secondary N) is 1. The van der Waals surface area contributed by atoms with Crippen LogP contribution in [0.3, 0.4) is 0 Å². The largest absolute Gasteiger partial charge is 0.385 e. The lowest BCUT2D eigenvalue weighted by molar-refractivity contribution is -0.131. The monoisotopic (exact) mass is 570 g/mol. The first-order valence-corrected chi connectivity index (χ1v) is 16.1. The van der Waals surface area contributed by atoms with E-state index in [2.05, 4.69) is 21.9 Å². The summed E-state index contributed by atoms with van der Waals surface area (Å²) in [5.74, 6) is 0.475. The molecule has 0 fully saturated rings. The Bertz CT molecular complexity index is 1340. The van der Waals surface area contributed by atoms with E-state index in [-0.39, 0.29) is 10.8 Å². The summed E-state index contributed by atoms with van der Waals surface area (Å²) in [6.45, 7) is 7.98. The molecule has 0 amide bonds. The second kappa shape index (κ2) is 14.8. The summed E-state index contributed by atoms with van der Waals surface area (Å²) in [7, 11) is -2.51. The number of nitrogens with zero attached hydrogens (tertiary/aromatic N) is 3. The molecule has 0 aliphatic carbocycles. The Morgan fingerprint density at radius 1 is 1.02 bits per heavy atom. The van der Waals surface area contributed by atoms with E-state index in [1.807, 2.05) is 26.8 Å². The summed E-state index contributed by atoms with van der Waals surface area (Å²) in [4.78, 5) is 25.6. The number of rotatable bonds is 17.